The van der Waals surface area contributed by atoms with Crippen molar-refractivity contribution >= 4 is 117 Å². The number of carbonyl (C=O) groups is 2. The lowest BCUT2D eigenvalue weighted by Gasteiger charge is -2.36. The summed E-state index contributed by atoms with van der Waals surface area (Å²) in [5.41, 5.74) is 16.6. The van der Waals surface area contributed by atoms with Crippen molar-refractivity contribution in [3.05, 3.63) is 125 Å². The Morgan fingerprint density at radius 2 is 1.30 bits per heavy atom. The summed E-state index contributed by atoms with van der Waals surface area (Å²) in [5.74, 6) is -0.252. The summed E-state index contributed by atoms with van der Waals surface area (Å²) >= 11 is 10.9. The lowest BCUT2D eigenvalue weighted by Crippen LogP contribution is -2.41. The van der Waals surface area contributed by atoms with Crippen molar-refractivity contribution in [3.63, 3.8) is 0 Å². The molecule has 1 atom stereocenters. The number of rotatable bonds is 12. The Labute approximate surface area is 419 Å². The van der Waals surface area contributed by atoms with Crippen LogP contribution in [0.3, 0.4) is 0 Å². The Bertz CT molecular complexity index is 2390. The minimum Gasteiger partial charge on any atom is -0.382 e. The van der Waals surface area contributed by atoms with Crippen molar-refractivity contribution in [3.8, 4) is 0 Å². The number of thiocarbonyl (C=S) groups is 1. The van der Waals surface area contributed by atoms with Gasteiger partial charge in [0.2, 0.25) is 5.78 Å². The zero-order chi connectivity index (χ0) is 47.8. The van der Waals surface area contributed by atoms with Crippen LogP contribution in [0.2, 0.25) is 0 Å². The van der Waals surface area contributed by atoms with Crippen molar-refractivity contribution in [1.82, 2.24) is 14.8 Å². The van der Waals surface area contributed by atoms with Gasteiger partial charge in [0.05, 0.1) is 5.33 Å². The molecular formula is C48H62BrF2N10O2PS3. The van der Waals surface area contributed by atoms with Gasteiger partial charge in [0.15, 0.2) is 21.2 Å². The topological polar surface area (TPSA) is 148 Å². The second-order valence-electron chi connectivity index (χ2n) is 16.0. The number of nitrogens with two attached hydrogens (primary N) is 2. The van der Waals surface area contributed by atoms with Crippen LogP contribution in [0.4, 0.5) is 42.5 Å². The molecule has 0 bridgehead atoms. The molecule has 7 rings (SSSR count). The lowest BCUT2D eigenvalue weighted by atomic mass is 10.0. The molecule has 1 unspecified atom stereocenters. The van der Waals surface area contributed by atoms with E-state index < -0.39 is 5.82 Å². The number of hydrogen-bond donors (Lipinski definition) is 4. The molecule has 2 fully saturated rings. The molecule has 4 aromatic carbocycles. The maximum atomic E-state index is 13.4. The number of thiazole rings is 1. The zero-order valence-corrected chi connectivity index (χ0v) is 44.1. The highest BCUT2D eigenvalue weighted by molar-refractivity contribution is 9.09. The summed E-state index contributed by atoms with van der Waals surface area (Å²) in [4.78, 5) is 41.8. The molecule has 12 nitrogen and oxygen atoms in total. The first-order valence-electron chi connectivity index (χ1n) is 21.6. The van der Waals surface area contributed by atoms with Gasteiger partial charge >= 0.3 is 0 Å². The predicted molar refractivity (Wildman–Crippen MR) is 292 cm³/mol. The van der Waals surface area contributed by atoms with Crippen LogP contribution >= 0.6 is 61.1 Å². The second-order valence-corrected chi connectivity index (χ2v) is 19.3. The number of thioether (sulfide) groups is 1. The van der Waals surface area contributed by atoms with E-state index in [1.54, 1.807) is 12.1 Å². The standard InChI is InChI=1S/C23H26FN5OS.C17H27N5S2.C8H6BrFO.H3P/c1-28(2)18-10-12-29(13-11-18)19-8-6-17(7-9-19)26-23-27-22(25)21(31-23)20(30)15-4-3-5-16(24)14-15;1-4-24-16(18)20-17(23)19-13-5-7-15(8-6-13)22-11-9-14(10-12-22)21(2)3;9-5-8(11)6-2-1-3-7(10)4-6;/h3-9,14,18H,10-13,25H2,1-2H3,(H,26,27);5-8,14H,4,9-12H2,1-3H3,(H3,18,19,20,23);1-4H,5H2;1H3. The van der Waals surface area contributed by atoms with Gasteiger partial charge in [-0.05, 0) is 145 Å². The number of Topliss-reactive ketones (excluding diaryl/α,β-unsaturated/α-hetero) is 1. The molecule has 5 aromatic rings. The van der Waals surface area contributed by atoms with E-state index in [-0.39, 0.29) is 44.0 Å². The van der Waals surface area contributed by atoms with Crippen LogP contribution in [-0.2, 0) is 0 Å². The summed E-state index contributed by atoms with van der Waals surface area (Å²) in [7, 11) is 8.61. The van der Waals surface area contributed by atoms with Crippen molar-refractivity contribution < 1.29 is 18.4 Å². The Kier molecular flexibility index (Phi) is 22.6. The first kappa shape index (κ1) is 55.0. The predicted octanol–water partition coefficient (Wildman–Crippen LogP) is 9.81. The van der Waals surface area contributed by atoms with Gasteiger partial charge in [-0.1, -0.05) is 70.2 Å². The monoisotopic (exact) mass is 1050 g/mol. The average Bonchev–Trinajstić information content (AvgIpc) is 3.68. The summed E-state index contributed by atoms with van der Waals surface area (Å²) in [6, 6.07) is 29.1. The Hall–Kier alpha value is -4.55. The van der Waals surface area contributed by atoms with Crippen molar-refractivity contribution in [2.45, 2.75) is 44.7 Å². The van der Waals surface area contributed by atoms with Gasteiger partial charge in [0, 0.05) is 72.1 Å². The van der Waals surface area contributed by atoms with Crippen LogP contribution in [-0.4, -0.2) is 114 Å². The number of aliphatic imine (C=N–C) groups is 1. The molecule has 2 aliphatic heterocycles. The molecule has 0 radical (unpaired) electrons. The minimum absolute atomic E-state index is 0. The van der Waals surface area contributed by atoms with Crippen molar-refractivity contribution in [2.75, 3.05) is 91.6 Å². The number of ketones is 2. The highest BCUT2D eigenvalue weighted by Gasteiger charge is 2.23. The molecule has 0 amide bonds. The molecule has 2 saturated heterocycles. The third-order valence-electron chi connectivity index (χ3n) is 11.1. The van der Waals surface area contributed by atoms with E-state index in [9.17, 15) is 18.4 Å². The maximum absolute atomic E-state index is 13.4. The molecular weight excluding hydrogens is 994 g/mol. The van der Waals surface area contributed by atoms with E-state index in [1.165, 1.54) is 72.4 Å². The third kappa shape index (κ3) is 17.2. The van der Waals surface area contributed by atoms with Gasteiger partial charge in [-0.25, -0.2) is 13.8 Å². The maximum Gasteiger partial charge on any atom is 0.206 e. The average molecular weight is 1060 g/mol. The summed E-state index contributed by atoms with van der Waals surface area (Å²) < 4.78 is 25.9. The molecule has 6 N–H and O–H groups in total. The molecule has 19 heteroatoms. The van der Waals surface area contributed by atoms with Crippen LogP contribution in [0.1, 0.15) is 58.2 Å². The van der Waals surface area contributed by atoms with Crippen LogP contribution in [0.25, 0.3) is 0 Å². The number of carbonyl (C=O) groups excluding carboxylic acids is 2. The van der Waals surface area contributed by atoms with Crippen molar-refractivity contribution in [1.29, 1.82) is 0 Å². The summed E-state index contributed by atoms with van der Waals surface area (Å²) in [6.45, 7) is 6.32. The normalized spacial score (nSPS) is 14.3. The number of amidine groups is 1. The Morgan fingerprint density at radius 3 is 1.76 bits per heavy atom. The molecule has 0 saturated carbocycles. The SMILES string of the molecule is CCSC(N)=NC(=S)Nc1ccc(N2CCC(N(C)C)CC2)cc1.CN(C)C1CCN(c2ccc(Nc3nc(N)c(C(=O)c4cccc(F)c4)s3)cc2)CC1.O=C(CBr)c1cccc(F)c1.P. The van der Waals surface area contributed by atoms with Crippen LogP contribution in [0, 0.1) is 11.6 Å². The second kappa shape index (κ2) is 27.4. The van der Waals surface area contributed by atoms with E-state index in [4.69, 9.17) is 23.7 Å². The molecule has 0 spiro atoms. The first-order chi connectivity index (χ1) is 31.6. The Morgan fingerprint density at radius 1 is 0.821 bits per heavy atom. The van der Waals surface area contributed by atoms with Gasteiger partial charge in [-0.15, -0.1) is 0 Å². The summed E-state index contributed by atoms with van der Waals surface area (Å²) in [5, 5.41) is 7.97. The minimum atomic E-state index is -0.460. The van der Waals surface area contributed by atoms with Gasteiger partial charge in [0.1, 0.15) is 22.3 Å². The van der Waals surface area contributed by atoms with E-state index in [0.29, 0.717) is 37.9 Å². The van der Waals surface area contributed by atoms with E-state index in [2.05, 4.69) is 109 Å². The number of piperidine rings is 2. The number of alkyl halides is 1. The Balaban J connectivity index is 0.000000241. The molecule has 1 aromatic heterocycles. The quantitative estimate of drug-likeness (QED) is 0.0235. The van der Waals surface area contributed by atoms with Gasteiger partial charge < -0.3 is 41.7 Å². The van der Waals surface area contributed by atoms with Crippen molar-refractivity contribution in [2.24, 2.45) is 10.7 Å². The molecule has 360 valence electrons. The number of halogens is 3. The van der Waals surface area contributed by atoms with Gasteiger partial charge in [-0.2, -0.15) is 14.9 Å². The number of anilines is 6. The van der Waals surface area contributed by atoms with E-state index >= 15 is 0 Å². The largest absolute Gasteiger partial charge is 0.382 e. The zero-order valence-electron chi connectivity index (χ0n) is 38.7. The first-order valence-corrected chi connectivity index (χ1v) is 25.0. The molecule has 3 heterocycles. The summed E-state index contributed by atoms with van der Waals surface area (Å²) in [6.07, 6.45) is 4.74. The fourth-order valence-electron chi connectivity index (χ4n) is 7.40. The molecule has 2 aliphatic rings. The lowest BCUT2D eigenvalue weighted by molar-refractivity contribution is 0.102. The number of nitrogens with zero attached hydrogens (tertiary/aromatic N) is 6. The number of hydrogen-bond acceptors (Lipinski definition) is 12. The highest BCUT2D eigenvalue weighted by atomic mass is 79.9. The van der Waals surface area contributed by atoms with Gasteiger partial charge in [-0.3, -0.25) is 9.59 Å². The number of nitrogens with one attached hydrogen (secondary N) is 2. The highest BCUT2D eigenvalue weighted by Crippen LogP contribution is 2.31. The fourth-order valence-corrected chi connectivity index (χ4v) is 9.31. The number of nitrogen functional groups attached to an aromatic ring is 1. The van der Waals surface area contributed by atoms with E-state index in [1.807, 2.05) is 31.2 Å². The smallest absolute Gasteiger partial charge is 0.206 e. The van der Waals surface area contributed by atoms with Crippen LogP contribution in [0.15, 0.2) is 102 Å². The third-order valence-corrected chi connectivity index (χ3v) is 13.4. The number of aromatic nitrogens is 1. The molecule has 67 heavy (non-hydrogen) atoms. The molecule has 0 aliphatic carbocycles. The van der Waals surface area contributed by atoms with Gasteiger partial charge in [0.25, 0.3) is 0 Å². The van der Waals surface area contributed by atoms with Crippen LogP contribution in [0.5, 0.6) is 0 Å². The number of benzene rings is 4. The fraction of sp³-hybridized carbons (Fsp3) is 0.354. The van der Waals surface area contributed by atoms with Crippen LogP contribution < -0.4 is 31.9 Å². The van der Waals surface area contributed by atoms with E-state index in [0.717, 1.165) is 67.5 Å².